The van der Waals surface area contributed by atoms with Crippen LogP contribution in [0.2, 0.25) is 0 Å². The van der Waals surface area contributed by atoms with Gasteiger partial charge in [0.25, 0.3) is 0 Å². The van der Waals surface area contributed by atoms with Gasteiger partial charge >= 0.3 is 11.9 Å². The summed E-state index contributed by atoms with van der Waals surface area (Å²) >= 11 is 0. The van der Waals surface area contributed by atoms with Crippen LogP contribution in [0.3, 0.4) is 0 Å². The quantitative estimate of drug-likeness (QED) is 0.675. The first-order valence-corrected chi connectivity index (χ1v) is 9.99. The zero-order valence-electron chi connectivity index (χ0n) is 18.2. The number of ether oxygens (including phenoxy) is 2. The van der Waals surface area contributed by atoms with E-state index in [0.717, 1.165) is 50.8 Å². The maximum absolute atomic E-state index is 9.10. The molecule has 0 spiro atoms. The Hall–Kier alpha value is -3.10. The molecule has 0 radical (unpaired) electrons. The van der Waals surface area contributed by atoms with E-state index in [1.165, 1.54) is 16.7 Å². The number of benzene rings is 2. The number of carboxylic acids is 2. The van der Waals surface area contributed by atoms with Gasteiger partial charge in [-0.25, -0.2) is 9.59 Å². The molecule has 1 heterocycles. The minimum Gasteiger partial charge on any atom is -0.497 e. The van der Waals surface area contributed by atoms with Gasteiger partial charge < -0.3 is 19.7 Å². The molecule has 2 N–H and O–H groups in total. The second kappa shape index (κ2) is 11.9. The molecule has 168 valence electrons. The molecule has 8 heteroatoms. The predicted octanol–water partition coefficient (Wildman–Crippen LogP) is 2.49. The molecule has 0 bridgehead atoms. The van der Waals surface area contributed by atoms with Crippen LogP contribution in [0.5, 0.6) is 11.5 Å². The molecule has 0 unspecified atom stereocenters. The van der Waals surface area contributed by atoms with Gasteiger partial charge in [-0.2, -0.15) is 0 Å². The fourth-order valence-electron chi connectivity index (χ4n) is 3.27. The summed E-state index contributed by atoms with van der Waals surface area (Å²) in [5.74, 6) is -1.94. The zero-order valence-corrected chi connectivity index (χ0v) is 18.2. The standard InChI is InChI=1S/C21H28N2O2.C2H2O4/c1-17-4-6-18(7-5-17)15-22-8-10-23(11-9-22)16-19-12-20(24-2)14-21(13-19)25-3;3-1(4)2(5)6/h4-7,12-14H,8-11,15-16H2,1-3H3;(H,3,4)(H,5,6). The molecule has 2 aromatic rings. The Morgan fingerprint density at radius 2 is 1.19 bits per heavy atom. The van der Waals surface area contributed by atoms with Crippen molar-refractivity contribution >= 4 is 11.9 Å². The number of aryl methyl sites for hydroxylation is 1. The van der Waals surface area contributed by atoms with Crippen LogP contribution in [0, 0.1) is 6.92 Å². The normalized spacial score (nSPS) is 14.3. The molecule has 0 saturated carbocycles. The molecule has 2 aromatic carbocycles. The van der Waals surface area contributed by atoms with Gasteiger partial charge in [0.15, 0.2) is 0 Å². The molecule has 1 fully saturated rings. The summed E-state index contributed by atoms with van der Waals surface area (Å²) in [6, 6.07) is 15.0. The third kappa shape index (κ3) is 8.27. The van der Waals surface area contributed by atoms with Crippen molar-refractivity contribution in [1.82, 2.24) is 9.80 Å². The van der Waals surface area contributed by atoms with Crippen molar-refractivity contribution < 1.29 is 29.3 Å². The average Bonchev–Trinajstić information content (AvgIpc) is 2.76. The summed E-state index contributed by atoms with van der Waals surface area (Å²) in [6.45, 7) is 8.50. The molecule has 3 rings (SSSR count). The number of hydrogen-bond acceptors (Lipinski definition) is 6. The number of carboxylic acid groups (broad SMARTS) is 2. The minimum absolute atomic E-state index is 0.854. The molecule has 1 aliphatic rings. The maximum Gasteiger partial charge on any atom is 0.414 e. The first-order chi connectivity index (χ1) is 14.8. The molecule has 0 aliphatic carbocycles. The van der Waals surface area contributed by atoms with Crippen LogP contribution < -0.4 is 9.47 Å². The van der Waals surface area contributed by atoms with Crippen LogP contribution in [0.25, 0.3) is 0 Å². The third-order valence-corrected chi connectivity index (χ3v) is 4.99. The van der Waals surface area contributed by atoms with E-state index in [4.69, 9.17) is 29.3 Å². The second-order valence-corrected chi connectivity index (χ2v) is 7.37. The Kier molecular flexibility index (Phi) is 9.30. The highest BCUT2D eigenvalue weighted by Crippen LogP contribution is 2.23. The molecule has 0 atom stereocenters. The van der Waals surface area contributed by atoms with Gasteiger partial charge in [0, 0.05) is 45.3 Å². The Morgan fingerprint density at radius 3 is 1.58 bits per heavy atom. The van der Waals surface area contributed by atoms with E-state index in [-0.39, 0.29) is 0 Å². The SMILES string of the molecule is COc1cc(CN2CCN(Cc3ccc(C)cc3)CC2)cc(OC)c1.O=C(O)C(=O)O. The first-order valence-electron chi connectivity index (χ1n) is 9.99. The van der Waals surface area contributed by atoms with E-state index in [1.807, 2.05) is 6.07 Å². The smallest absolute Gasteiger partial charge is 0.414 e. The number of methoxy groups -OCH3 is 2. The lowest BCUT2D eigenvalue weighted by molar-refractivity contribution is -0.159. The number of nitrogens with zero attached hydrogens (tertiary/aromatic N) is 2. The summed E-state index contributed by atoms with van der Waals surface area (Å²) in [4.78, 5) is 23.2. The Bertz CT molecular complexity index is 827. The lowest BCUT2D eigenvalue weighted by Gasteiger charge is -2.34. The van der Waals surface area contributed by atoms with Crippen LogP contribution in [0.1, 0.15) is 16.7 Å². The minimum atomic E-state index is -1.82. The highest BCUT2D eigenvalue weighted by Gasteiger charge is 2.17. The lowest BCUT2D eigenvalue weighted by atomic mass is 10.1. The van der Waals surface area contributed by atoms with Gasteiger partial charge in [-0.05, 0) is 30.2 Å². The van der Waals surface area contributed by atoms with Gasteiger partial charge in [-0.15, -0.1) is 0 Å². The largest absolute Gasteiger partial charge is 0.497 e. The van der Waals surface area contributed by atoms with E-state index in [2.05, 4.69) is 53.1 Å². The van der Waals surface area contributed by atoms with Crippen molar-refractivity contribution in [2.75, 3.05) is 40.4 Å². The molecular formula is C23H30N2O6. The van der Waals surface area contributed by atoms with Crippen molar-refractivity contribution in [2.45, 2.75) is 20.0 Å². The fraction of sp³-hybridized carbons (Fsp3) is 0.391. The highest BCUT2D eigenvalue weighted by atomic mass is 16.5. The summed E-state index contributed by atoms with van der Waals surface area (Å²) < 4.78 is 10.7. The number of carbonyl (C=O) groups is 2. The van der Waals surface area contributed by atoms with Crippen molar-refractivity contribution in [3.8, 4) is 11.5 Å². The van der Waals surface area contributed by atoms with Crippen LogP contribution in [0.4, 0.5) is 0 Å². The van der Waals surface area contributed by atoms with E-state index in [1.54, 1.807) is 14.2 Å². The molecule has 31 heavy (non-hydrogen) atoms. The van der Waals surface area contributed by atoms with E-state index >= 15 is 0 Å². The monoisotopic (exact) mass is 430 g/mol. The van der Waals surface area contributed by atoms with Crippen LogP contribution in [0.15, 0.2) is 42.5 Å². The first kappa shape index (κ1) is 24.2. The van der Waals surface area contributed by atoms with Crippen molar-refractivity contribution in [3.63, 3.8) is 0 Å². The maximum atomic E-state index is 9.10. The van der Waals surface area contributed by atoms with Crippen LogP contribution >= 0.6 is 0 Å². The number of aliphatic carboxylic acids is 2. The van der Waals surface area contributed by atoms with Gasteiger partial charge in [0.1, 0.15) is 11.5 Å². The molecule has 1 saturated heterocycles. The van der Waals surface area contributed by atoms with Crippen LogP contribution in [-0.2, 0) is 22.7 Å². The predicted molar refractivity (Wildman–Crippen MR) is 117 cm³/mol. The highest BCUT2D eigenvalue weighted by molar-refractivity contribution is 6.27. The number of rotatable bonds is 6. The third-order valence-electron chi connectivity index (χ3n) is 4.99. The van der Waals surface area contributed by atoms with Crippen LogP contribution in [-0.4, -0.2) is 72.4 Å². The van der Waals surface area contributed by atoms with Gasteiger partial charge in [0.05, 0.1) is 14.2 Å². The van der Waals surface area contributed by atoms with Crippen molar-refractivity contribution in [2.24, 2.45) is 0 Å². The summed E-state index contributed by atoms with van der Waals surface area (Å²) in [5.41, 5.74) is 3.96. The summed E-state index contributed by atoms with van der Waals surface area (Å²) in [6.07, 6.45) is 0. The van der Waals surface area contributed by atoms with Gasteiger partial charge in [-0.3, -0.25) is 9.80 Å². The molecule has 1 aliphatic heterocycles. The molecule has 8 nitrogen and oxygen atoms in total. The van der Waals surface area contributed by atoms with Gasteiger partial charge in [0.2, 0.25) is 0 Å². The molecule has 0 amide bonds. The van der Waals surface area contributed by atoms with Gasteiger partial charge in [-0.1, -0.05) is 29.8 Å². The van der Waals surface area contributed by atoms with E-state index < -0.39 is 11.9 Å². The van der Waals surface area contributed by atoms with E-state index in [9.17, 15) is 0 Å². The Morgan fingerprint density at radius 1 is 0.774 bits per heavy atom. The lowest BCUT2D eigenvalue weighted by Crippen LogP contribution is -2.45. The summed E-state index contributed by atoms with van der Waals surface area (Å²) in [7, 11) is 3.39. The average molecular weight is 431 g/mol. The number of hydrogen-bond donors (Lipinski definition) is 2. The Balaban J connectivity index is 0.000000501. The molecular weight excluding hydrogens is 400 g/mol. The van der Waals surface area contributed by atoms with Crippen molar-refractivity contribution in [1.29, 1.82) is 0 Å². The fourth-order valence-corrected chi connectivity index (χ4v) is 3.27. The van der Waals surface area contributed by atoms with Crippen molar-refractivity contribution in [3.05, 3.63) is 59.2 Å². The number of piperazine rings is 1. The second-order valence-electron chi connectivity index (χ2n) is 7.37. The topological polar surface area (TPSA) is 99.5 Å². The van der Waals surface area contributed by atoms with E-state index in [0.29, 0.717) is 0 Å². The summed E-state index contributed by atoms with van der Waals surface area (Å²) in [5, 5.41) is 14.8. The Labute approximate surface area is 182 Å². The molecule has 0 aromatic heterocycles. The zero-order chi connectivity index (χ0) is 22.8.